The lowest BCUT2D eigenvalue weighted by Gasteiger charge is -2.12. The first-order valence-electron chi connectivity index (χ1n) is 10.9. The van der Waals surface area contributed by atoms with E-state index in [2.05, 4.69) is 23.5 Å². The first-order chi connectivity index (χ1) is 16.6. The van der Waals surface area contributed by atoms with Crippen LogP contribution in [0.2, 0.25) is 0 Å². The first-order valence-corrected chi connectivity index (χ1v) is 10.9. The minimum Gasteiger partial charge on any atom is -0.488 e. The highest BCUT2D eigenvalue weighted by Gasteiger charge is 2.33. The molecule has 5 nitrogen and oxygen atoms in total. The van der Waals surface area contributed by atoms with Gasteiger partial charge in [-0.3, -0.25) is 9.69 Å². The van der Waals surface area contributed by atoms with E-state index in [9.17, 15) is 14.0 Å². The quantitative estimate of drug-likeness (QED) is 0.304. The number of benzene rings is 4. The second-order valence-electron chi connectivity index (χ2n) is 7.97. The lowest BCUT2D eigenvalue weighted by Crippen LogP contribution is -2.30. The van der Waals surface area contributed by atoms with E-state index in [0.29, 0.717) is 23.5 Å². The van der Waals surface area contributed by atoms with Gasteiger partial charge in [-0.15, -0.1) is 0 Å². The lowest BCUT2D eigenvalue weighted by atomic mass is 10.1. The van der Waals surface area contributed by atoms with Gasteiger partial charge in [0.25, 0.3) is 5.91 Å². The monoisotopic (exact) mass is 452 g/mol. The van der Waals surface area contributed by atoms with Crippen molar-refractivity contribution in [3.63, 3.8) is 0 Å². The van der Waals surface area contributed by atoms with Crippen LogP contribution in [-0.2, 0) is 17.9 Å². The fourth-order valence-corrected chi connectivity index (χ4v) is 3.95. The van der Waals surface area contributed by atoms with E-state index in [-0.39, 0.29) is 18.1 Å². The van der Waals surface area contributed by atoms with Crippen molar-refractivity contribution in [3.8, 4) is 5.75 Å². The van der Waals surface area contributed by atoms with Crippen molar-refractivity contribution in [1.82, 2.24) is 10.2 Å². The summed E-state index contributed by atoms with van der Waals surface area (Å²) in [6.07, 6.45) is 1.61. The number of halogens is 1. The van der Waals surface area contributed by atoms with Gasteiger partial charge in [0.05, 0.1) is 6.54 Å². The molecule has 0 radical (unpaired) electrons. The zero-order valence-electron chi connectivity index (χ0n) is 18.2. The van der Waals surface area contributed by atoms with Gasteiger partial charge >= 0.3 is 6.03 Å². The molecule has 168 valence electrons. The zero-order valence-corrected chi connectivity index (χ0v) is 18.2. The van der Waals surface area contributed by atoms with E-state index in [1.54, 1.807) is 18.2 Å². The number of ether oxygens (including phenoxy) is 1. The average Bonchev–Trinajstić information content (AvgIpc) is 3.12. The third kappa shape index (κ3) is 4.38. The van der Waals surface area contributed by atoms with Crippen molar-refractivity contribution in [3.05, 3.63) is 119 Å². The van der Waals surface area contributed by atoms with Gasteiger partial charge in [0.1, 0.15) is 23.9 Å². The van der Waals surface area contributed by atoms with Gasteiger partial charge in [-0.2, -0.15) is 0 Å². The number of carbonyl (C=O) groups is 2. The minimum atomic E-state index is -0.519. The molecular weight excluding hydrogens is 431 g/mol. The fourth-order valence-electron chi connectivity index (χ4n) is 3.95. The Bertz CT molecular complexity index is 1410. The van der Waals surface area contributed by atoms with E-state index < -0.39 is 11.9 Å². The number of nitrogens with zero attached hydrogens (tertiary/aromatic N) is 1. The normalized spacial score (nSPS) is 14.6. The topological polar surface area (TPSA) is 58.6 Å². The lowest BCUT2D eigenvalue weighted by molar-refractivity contribution is -0.123. The van der Waals surface area contributed by atoms with E-state index in [0.717, 1.165) is 21.2 Å². The van der Waals surface area contributed by atoms with Crippen molar-refractivity contribution >= 4 is 28.8 Å². The predicted octanol–water partition coefficient (Wildman–Crippen LogP) is 5.65. The van der Waals surface area contributed by atoms with Crippen molar-refractivity contribution in [2.75, 3.05) is 0 Å². The Morgan fingerprint density at radius 1 is 0.853 bits per heavy atom. The van der Waals surface area contributed by atoms with Crippen LogP contribution in [0.1, 0.15) is 16.7 Å². The molecule has 0 atom stereocenters. The van der Waals surface area contributed by atoms with Gasteiger partial charge in [-0.25, -0.2) is 9.18 Å². The molecule has 0 unspecified atom stereocenters. The number of fused-ring (bicyclic) bond motifs is 1. The maximum atomic E-state index is 13.2. The van der Waals surface area contributed by atoms with Gasteiger partial charge in [-0.1, -0.05) is 72.8 Å². The molecule has 0 bridgehead atoms. The van der Waals surface area contributed by atoms with Crippen molar-refractivity contribution in [1.29, 1.82) is 0 Å². The molecule has 0 aliphatic carbocycles. The zero-order chi connectivity index (χ0) is 23.5. The molecule has 1 aliphatic rings. The molecule has 1 fully saturated rings. The first kappa shape index (κ1) is 21.4. The molecule has 0 saturated carbocycles. The smallest absolute Gasteiger partial charge is 0.329 e. The van der Waals surface area contributed by atoms with E-state index in [1.165, 1.54) is 12.1 Å². The Labute approximate surface area is 196 Å². The standard InChI is InChI=1S/C28H21FN2O3/c29-23-14-12-19(13-15-23)17-31-27(32)25(30-28(31)33)16-21-7-2-4-11-26(21)34-18-22-9-5-8-20-6-1-3-10-24(20)22/h1-16H,17-18H2,(H,30,33)/b25-16+. The summed E-state index contributed by atoms with van der Waals surface area (Å²) in [4.78, 5) is 26.4. The van der Waals surface area contributed by atoms with Crippen LogP contribution >= 0.6 is 0 Å². The van der Waals surface area contributed by atoms with Gasteiger partial charge < -0.3 is 10.1 Å². The highest BCUT2D eigenvalue weighted by Crippen LogP contribution is 2.26. The van der Waals surface area contributed by atoms with Gasteiger partial charge in [0.15, 0.2) is 0 Å². The molecule has 6 heteroatoms. The molecule has 0 aromatic heterocycles. The molecular formula is C28H21FN2O3. The Morgan fingerprint density at radius 3 is 2.44 bits per heavy atom. The molecule has 4 aromatic rings. The fraction of sp³-hybridized carbons (Fsp3) is 0.0714. The minimum absolute atomic E-state index is 0.0571. The average molecular weight is 452 g/mol. The summed E-state index contributed by atoms with van der Waals surface area (Å²) in [6.45, 7) is 0.417. The SMILES string of the molecule is O=C1N/C(=C/c2ccccc2OCc2cccc3ccccc23)C(=O)N1Cc1ccc(F)cc1. The summed E-state index contributed by atoms with van der Waals surface area (Å²) in [5.74, 6) is -0.221. The van der Waals surface area contributed by atoms with Crippen molar-refractivity contribution < 1.29 is 18.7 Å². The van der Waals surface area contributed by atoms with Gasteiger partial charge in [0.2, 0.25) is 0 Å². The van der Waals surface area contributed by atoms with Crippen LogP contribution in [-0.4, -0.2) is 16.8 Å². The van der Waals surface area contributed by atoms with Crippen molar-refractivity contribution in [2.45, 2.75) is 13.2 Å². The molecule has 1 saturated heterocycles. The number of hydrogen-bond acceptors (Lipinski definition) is 3. The summed E-state index contributed by atoms with van der Waals surface area (Å²) >= 11 is 0. The van der Waals surface area contributed by atoms with Crippen LogP contribution in [0.25, 0.3) is 16.8 Å². The molecule has 1 aliphatic heterocycles. The highest BCUT2D eigenvalue weighted by molar-refractivity contribution is 6.14. The van der Waals surface area contributed by atoms with Crippen LogP contribution < -0.4 is 10.1 Å². The third-order valence-corrected chi connectivity index (χ3v) is 5.70. The maximum absolute atomic E-state index is 13.2. The number of carbonyl (C=O) groups excluding carboxylic acids is 2. The van der Waals surface area contributed by atoms with Crippen LogP contribution in [0.4, 0.5) is 9.18 Å². The summed E-state index contributed by atoms with van der Waals surface area (Å²) in [5, 5.41) is 4.89. The molecule has 1 heterocycles. The molecule has 34 heavy (non-hydrogen) atoms. The molecule has 4 aromatic carbocycles. The van der Waals surface area contributed by atoms with E-state index in [1.807, 2.05) is 48.5 Å². The number of urea groups is 1. The van der Waals surface area contributed by atoms with Crippen LogP contribution in [0.3, 0.4) is 0 Å². The predicted molar refractivity (Wildman–Crippen MR) is 128 cm³/mol. The Morgan fingerprint density at radius 2 is 1.59 bits per heavy atom. The molecule has 1 N–H and O–H groups in total. The Hall–Kier alpha value is -4.45. The highest BCUT2D eigenvalue weighted by atomic mass is 19.1. The van der Waals surface area contributed by atoms with E-state index in [4.69, 9.17) is 4.74 Å². The largest absolute Gasteiger partial charge is 0.488 e. The second-order valence-corrected chi connectivity index (χ2v) is 7.97. The van der Waals surface area contributed by atoms with Crippen LogP contribution in [0, 0.1) is 5.82 Å². The number of nitrogens with one attached hydrogen (secondary N) is 1. The number of imide groups is 1. The maximum Gasteiger partial charge on any atom is 0.329 e. The van der Waals surface area contributed by atoms with Crippen LogP contribution in [0.15, 0.2) is 96.7 Å². The van der Waals surface area contributed by atoms with Gasteiger partial charge in [-0.05, 0) is 46.2 Å². The van der Waals surface area contributed by atoms with Gasteiger partial charge in [0, 0.05) is 5.56 Å². The Kier molecular flexibility index (Phi) is 5.79. The van der Waals surface area contributed by atoms with Crippen LogP contribution in [0.5, 0.6) is 5.75 Å². The molecule has 0 spiro atoms. The number of rotatable bonds is 6. The second kappa shape index (κ2) is 9.19. The number of amides is 3. The summed E-state index contributed by atoms with van der Waals surface area (Å²) in [7, 11) is 0. The molecule has 3 amide bonds. The van der Waals surface area contributed by atoms with E-state index >= 15 is 0 Å². The summed E-state index contributed by atoms with van der Waals surface area (Å²) in [6, 6.07) is 26.7. The Balaban J connectivity index is 1.35. The summed E-state index contributed by atoms with van der Waals surface area (Å²) < 4.78 is 19.3. The number of hydrogen-bond donors (Lipinski definition) is 1. The summed E-state index contributed by atoms with van der Waals surface area (Å²) in [5.41, 5.74) is 2.55. The van der Waals surface area contributed by atoms with Crippen molar-refractivity contribution in [2.24, 2.45) is 0 Å². The number of para-hydroxylation sites is 1. The third-order valence-electron chi connectivity index (χ3n) is 5.70. The molecule has 5 rings (SSSR count).